The molecule has 3 aliphatic rings. The quantitative estimate of drug-likeness (QED) is 0.378. The van der Waals surface area contributed by atoms with Gasteiger partial charge in [0, 0.05) is 49.7 Å². The lowest BCUT2D eigenvalue weighted by Crippen LogP contribution is -3.20. The van der Waals surface area contributed by atoms with Crippen molar-refractivity contribution in [3.05, 3.63) is 42.2 Å². The van der Waals surface area contributed by atoms with Crippen LogP contribution in [-0.4, -0.2) is 59.0 Å². The van der Waals surface area contributed by atoms with Gasteiger partial charge >= 0.3 is 0 Å². The molecular formula is C22H31N6O2S+. The average molecular weight is 444 g/mol. The predicted octanol–water partition coefficient (Wildman–Crippen LogP) is 0.116. The van der Waals surface area contributed by atoms with Gasteiger partial charge in [-0.3, -0.25) is 9.59 Å². The third kappa shape index (κ3) is 5.86. The van der Waals surface area contributed by atoms with Gasteiger partial charge in [0.05, 0.1) is 31.2 Å². The number of nitrogens with one attached hydrogen (secondary N) is 3. The van der Waals surface area contributed by atoms with Gasteiger partial charge in [-0.1, -0.05) is 23.4 Å². The minimum Gasteiger partial charge on any atom is -0.355 e. The molecule has 2 aromatic rings. The number of rotatable bonds is 9. The van der Waals surface area contributed by atoms with Gasteiger partial charge in [-0.25, -0.2) is 4.68 Å². The van der Waals surface area contributed by atoms with Crippen LogP contribution in [0.4, 0.5) is 0 Å². The largest absolute Gasteiger partial charge is 0.355 e. The SMILES string of the molecule is CC(=O)NCCNC(=O)[C@H]1C[NH+]2CC[C@H]1C[C@@H]2Cn1cc(CSc2ccccc2)nn1. The molecule has 5 rings (SSSR count). The van der Waals surface area contributed by atoms with Crippen molar-refractivity contribution in [2.45, 2.75) is 43.0 Å². The molecule has 1 aromatic carbocycles. The number of hydrogen-bond donors (Lipinski definition) is 3. The van der Waals surface area contributed by atoms with Gasteiger partial charge in [0.25, 0.3) is 0 Å². The van der Waals surface area contributed by atoms with Crippen molar-refractivity contribution in [2.75, 3.05) is 26.2 Å². The zero-order valence-corrected chi connectivity index (χ0v) is 18.7. The molecule has 2 amide bonds. The topological polar surface area (TPSA) is 93.3 Å². The molecule has 31 heavy (non-hydrogen) atoms. The molecule has 166 valence electrons. The van der Waals surface area contributed by atoms with E-state index in [0.717, 1.165) is 43.9 Å². The number of quaternary nitrogens is 1. The van der Waals surface area contributed by atoms with Gasteiger partial charge < -0.3 is 15.5 Å². The summed E-state index contributed by atoms with van der Waals surface area (Å²) in [6, 6.07) is 10.8. The number of fused-ring (bicyclic) bond motifs is 3. The molecule has 0 radical (unpaired) electrons. The zero-order valence-electron chi connectivity index (χ0n) is 17.9. The monoisotopic (exact) mass is 443 g/mol. The first kappa shape index (κ1) is 21.8. The van der Waals surface area contributed by atoms with Crippen LogP contribution in [0.25, 0.3) is 0 Å². The zero-order chi connectivity index (χ0) is 21.6. The van der Waals surface area contributed by atoms with Crippen molar-refractivity contribution in [2.24, 2.45) is 11.8 Å². The maximum absolute atomic E-state index is 12.6. The van der Waals surface area contributed by atoms with E-state index in [1.165, 1.54) is 16.7 Å². The molecule has 8 nitrogen and oxygen atoms in total. The summed E-state index contributed by atoms with van der Waals surface area (Å²) in [4.78, 5) is 26.3. The molecule has 3 aliphatic heterocycles. The lowest BCUT2D eigenvalue weighted by molar-refractivity contribution is -0.945. The Labute approximate surface area is 187 Å². The fourth-order valence-electron chi connectivity index (χ4n) is 4.77. The molecular weight excluding hydrogens is 412 g/mol. The lowest BCUT2D eigenvalue weighted by atomic mass is 9.75. The Bertz CT molecular complexity index is 889. The van der Waals surface area contributed by atoms with Crippen LogP contribution in [0.15, 0.2) is 41.4 Å². The number of nitrogens with zero attached hydrogens (tertiary/aromatic N) is 3. The number of thioether (sulfide) groups is 1. The Hall–Kier alpha value is -2.39. The molecule has 2 bridgehead atoms. The van der Waals surface area contributed by atoms with Crippen LogP contribution in [0, 0.1) is 11.8 Å². The van der Waals surface area contributed by atoms with E-state index in [2.05, 4.69) is 39.3 Å². The molecule has 3 saturated heterocycles. The summed E-state index contributed by atoms with van der Waals surface area (Å²) in [5.74, 6) is 1.38. The second-order valence-corrected chi connectivity index (χ2v) is 9.56. The third-order valence-electron chi connectivity index (χ3n) is 6.31. The predicted molar refractivity (Wildman–Crippen MR) is 118 cm³/mol. The third-order valence-corrected chi connectivity index (χ3v) is 7.36. The van der Waals surface area contributed by atoms with E-state index in [-0.39, 0.29) is 17.7 Å². The smallest absolute Gasteiger partial charge is 0.229 e. The number of aromatic nitrogens is 3. The van der Waals surface area contributed by atoms with Crippen molar-refractivity contribution in [3.8, 4) is 0 Å². The molecule has 4 atom stereocenters. The van der Waals surface area contributed by atoms with Gasteiger partial charge in [-0.15, -0.1) is 16.9 Å². The van der Waals surface area contributed by atoms with E-state index in [1.54, 1.807) is 11.8 Å². The molecule has 4 heterocycles. The Morgan fingerprint density at radius 2 is 2.03 bits per heavy atom. The fourth-order valence-corrected chi connectivity index (χ4v) is 5.56. The van der Waals surface area contributed by atoms with Crippen molar-refractivity contribution in [1.29, 1.82) is 0 Å². The fraction of sp³-hybridized carbons (Fsp3) is 0.545. The van der Waals surface area contributed by atoms with Gasteiger partial charge in [0.2, 0.25) is 11.8 Å². The van der Waals surface area contributed by atoms with Gasteiger partial charge in [-0.2, -0.15) is 0 Å². The van der Waals surface area contributed by atoms with Crippen LogP contribution in [-0.2, 0) is 21.9 Å². The van der Waals surface area contributed by atoms with E-state index in [4.69, 9.17) is 0 Å². The van der Waals surface area contributed by atoms with Crippen molar-refractivity contribution in [3.63, 3.8) is 0 Å². The first-order valence-corrected chi connectivity index (χ1v) is 12.0. The van der Waals surface area contributed by atoms with Crippen molar-refractivity contribution >= 4 is 23.6 Å². The summed E-state index contributed by atoms with van der Waals surface area (Å²) >= 11 is 1.77. The lowest BCUT2D eigenvalue weighted by Gasteiger charge is -2.46. The molecule has 9 heteroatoms. The number of carbonyl (C=O) groups excluding carboxylic acids is 2. The summed E-state index contributed by atoms with van der Waals surface area (Å²) in [5.41, 5.74) is 0.997. The summed E-state index contributed by atoms with van der Waals surface area (Å²) < 4.78 is 1.97. The molecule has 0 aliphatic carbocycles. The highest BCUT2D eigenvalue weighted by molar-refractivity contribution is 7.98. The van der Waals surface area contributed by atoms with Gasteiger partial charge in [0.1, 0.15) is 6.04 Å². The van der Waals surface area contributed by atoms with Crippen LogP contribution in [0.3, 0.4) is 0 Å². The Morgan fingerprint density at radius 1 is 1.23 bits per heavy atom. The first-order chi connectivity index (χ1) is 15.1. The van der Waals surface area contributed by atoms with E-state index in [1.807, 2.05) is 22.9 Å². The molecule has 0 spiro atoms. The van der Waals surface area contributed by atoms with Crippen LogP contribution >= 0.6 is 11.8 Å². The molecule has 1 unspecified atom stereocenters. The summed E-state index contributed by atoms with van der Waals surface area (Å²) in [6.45, 7) is 5.31. The van der Waals surface area contributed by atoms with E-state index in [0.29, 0.717) is 25.0 Å². The van der Waals surface area contributed by atoms with Crippen LogP contribution in [0.1, 0.15) is 25.5 Å². The first-order valence-electron chi connectivity index (χ1n) is 11.0. The highest BCUT2D eigenvalue weighted by Gasteiger charge is 2.46. The number of amides is 2. The standard InChI is InChI=1S/C22H30N6O2S/c1-16(29)23-8-9-24-22(30)21-14-27-10-7-17(21)11-19(27)13-28-12-18(25-26-28)15-31-20-5-3-2-4-6-20/h2-6,12,17,19,21H,7-11,13-15H2,1H3,(H,23,29)(H,24,30)/p+1/t17-,19+,21-/m0/s1. The maximum Gasteiger partial charge on any atom is 0.229 e. The van der Waals surface area contributed by atoms with Gasteiger partial charge in [0.15, 0.2) is 0 Å². The summed E-state index contributed by atoms with van der Waals surface area (Å²) in [6.07, 6.45) is 4.21. The summed E-state index contributed by atoms with van der Waals surface area (Å²) in [7, 11) is 0. The van der Waals surface area contributed by atoms with Crippen LogP contribution in [0.5, 0.6) is 0 Å². The van der Waals surface area contributed by atoms with Crippen LogP contribution < -0.4 is 15.5 Å². The average Bonchev–Trinajstić information content (AvgIpc) is 3.23. The van der Waals surface area contributed by atoms with Crippen molar-refractivity contribution < 1.29 is 14.5 Å². The number of benzene rings is 1. The molecule has 0 saturated carbocycles. The van der Waals surface area contributed by atoms with Crippen LogP contribution in [0.2, 0.25) is 0 Å². The second-order valence-electron chi connectivity index (χ2n) is 8.51. The number of piperidine rings is 3. The molecule has 1 aromatic heterocycles. The van der Waals surface area contributed by atoms with E-state index < -0.39 is 0 Å². The Kier molecular flexibility index (Phi) is 7.24. The minimum absolute atomic E-state index is 0.0701. The highest BCUT2D eigenvalue weighted by atomic mass is 32.2. The van der Waals surface area contributed by atoms with E-state index >= 15 is 0 Å². The van der Waals surface area contributed by atoms with E-state index in [9.17, 15) is 9.59 Å². The summed E-state index contributed by atoms with van der Waals surface area (Å²) in [5, 5.41) is 14.4. The van der Waals surface area contributed by atoms with Crippen molar-refractivity contribution in [1.82, 2.24) is 25.6 Å². The Balaban J connectivity index is 1.25. The number of hydrogen-bond acceptors (Lipinski definition) is 5. The molecule has 3 N–H and O–H groups in total. The highest BCUT2D eigenvalue weighted by Crippen LogP contribution is 2.28. The Morgan fingerprint density at radius 3 is 2.77 bits per heavy atom. The normalized spacial score (nSPS) is 24.7. The van der Waals surface area contributed by atoms with Gasteiger partial charge in [-0.05, 0) is 18.1 Å². The molecule has 3 fully saturated rings. The number of carbonyl (C=O) groups is 2. The minimum atomic E-state index is -0.0701. The maximum atomic E-state index is 12.6. The second kappa shape index (κ2) is 10.3.